The van der Waals surface area contributed by atoms with E-state index in [1.807, 2.05) is 6.08 Å². The Morgan fingerprint density at radius 2 is 1.89 bits per heavy atom. The van der Waals surface area contributed by atoms with E-state index >= 15 is 0 Å². The predicted molar refractivity (Wildman–Crippen MR) is 77.8 cm³/mol. The Hall–Kier alpha value is -1.54. The smallest absolute Gasteiger partial charge is 0.185 e. The van der Waals surface area contributed by atoms with Gasteiger partial charge in [0.1, 0.15) is 5.75 Å². The number of rotatable bonds is 4. The van der Waals surface area contributed by atoms with E-state index in [4.69, 9.17) is 16.3 Å². The van der Waals surface area contributed by atoms with Gasteiger partial charge in [-0.1, -0.05) is 17.7 Å². The summed E-state index contributed by atoms with van der Waals surface area (Å²) in [6.45, 7) is 0. The third-order valence-corrected chi connectivity index (χ3v) is 3.68. The lowest BCUT2D eigenvalue weighted by Crippen LogP contribution is -1.97. The van der Waals surface area contributed by atoms with Crippen molar-refractivity contribution in [1.29, 1.82) is 0 Å². The molecule has 0 radical (unpaired) electrons. The number of carbonyl (C=O) groups is 1. The van der Waals surface area contributed by atoms with Crippen molar-refractivity contribution >= 4 is 17.4 Å². The number of benzene rings is 1. The summed E-state index contributed by atoms with van der Waals surface area (Å²) in [6, 6.07) is 7.10. The van der Waals surface area contributed by atoms with E-state index in [1.165, 1.54) is 0 Å². The van der Waals surface area contributed by atoms with E-state index in [1.54, 1.807) is 37.5 Å². The second-order valence-corrected chi connectivity index (χ2v) is 5.02. The van der Waals surface area contributed by atoms with E-state index in [9.17, 15) is 4.79 Å². The van der Waals surface area contributed by atoms with Crippen LogP contribution in [0.4, 0.5) is 0 Å². The molecule has 0 N–H and O–H groups in total. The van der Waals surface area contributed by atoms with E-state index in [0.717, 1.165) is 42.0 Å². The molecule has 1 aliphatic carbocycles. The minimum Gasteiger partial charge on any atom is -0.497 e. The number of methoxy groups -OCH3 is 1. The minimum atomic E-state index is -0.00908. The Labute approximate surface area is 118 Å². The number of hydrogen-bond donors (Lipinski definition) is 0. The first-order valence-corrected chi connectivity index (χ1v) is 6.82. The SMILES string of the molecule is COc1ccc(C(=O)C=CC2=C(Cl)CCCC2)cc1. The first kappa shape index (κ1) is 13.9. The van der Waals surface area contributed by atoms with Gasteiger partial charge < -0.3 is 4.74 Å². The van der Waals surface area contributed by atoms with Gasteiger partial charge in [-0.15, -0.1) is 0 Å². The molecule has 0 fully saturated rings. The number of hydrogen-bond acceptors (Lipinski definition) is 2. The zero-order valence-electron chi connectivity index (χ0n) is 11.0. The van der Waals surface area contributed by atoms with Crippen LogP contribution in [0.15, 0.2) is 47.0 Å². The van der Waals surface area contributed by atoms with Crippen LogP contribution in [0, 0.1) is 0 Å². The van der Waals surface area contributed by atoms with Crippen molar-refractivity contribution in [3.63, 3.8) is 0 Å². The Morgan fingerprint density at radius 1 is 1.21 bits per heavy atom. The lowest BCUT2D eigenvalue weighted by molar-refractivity contribution is 0.104. The van der Waals surface area contributed by atoms with Gasteiger partial charge in [-0.25, -0.2) is 0 Å². The van der Waals surface area contributed by atoms with Gasteiger partial charge in [0.05, 0.1) is 7.11 Å². The summed E-state index contributed by atoms with van der Waals surface area (Å²) in [6.07, 6.45) is 7.64. The maximum atomic E-state index is 12.0. The molecule has 2 nitrogen and oxygen atoms in total. The minimum absolute atomic E-state index is 0.00908. The predicted octanol–water partition coefficient (Wildman–Crippen LogP) is 4.50. The standard InChI is InChI=1S/C16H17ClO2/c1-19-14-9-6-13(7-10-14)16(18)11-8-12-4-2-3-5-15(12)17/h6-11H,2-5H2,1H3. The molecule has 0 heterocycles. The molecule has 19 heavy (non-hydrogen) atoms. The first-order chi connectivity index (χ1) is 9.20. The van der Waals surface area contributed by atoms with Crippen LogP contribution in [0.3, 0.4) is 0 Å². The maximum absolute atomic E-state index is 12.0. The number of ether oxygens (including phenoxy) is 1. The third kappa shape index (κ3) is 3.71. The molecule has 1 aromatic rings. The van der Waals surface area contributed by atoms with Crippen LogP contribution >= 0.6 is 11.6 Å². The van der Waals surface area contributed by atoms with Crippen LogP contribution in [-0.4, -0.2) is 12.9 Å². The monoisotopic (exact) mass is 276 g/mol. The quantitative estimate of drug-likeness (QED) is 0.598. The Balaban J connectivity index is 2.07. The summed E-state index contributed by atoms with van der Waals surface area (Å²) < 4.78 is 5.06. The molecule has 100 valence electrons. The van der Waals surface area contributed by atoms with Crippen LogP contribution in [0.1, 0.15) is 36.0 Å². The second-order valence-electron chi connectivity index (χ2n) is 4.56. The molecule has 0 spiro atoms. The summed E-state index contributed by atoms with van der Waals surface area (Å²) in [5, 5.41) is 0.894. The van der Waals surface area contributed by atoms with Crippen LogP contribution in [0.2, 0.25) is 0 Å². The summed E-state index contributed by atoms with van der Waals surface area (Å²) in [5.41, 5.74) is 1.75. The molecule has 1 aliphatic rings. The molecule has 0 amide bonds. The van der Waals surface area contributed by atoms with Gasteiger partial charge in [0.15, 0.2) is 5.78 Å². The van der Waals surface area contributed by atoms with Crippen molar-refractivity contribution < 1.29 is 9.53 Å². The fourth-order valence-electron chi connectivity index (χ4n) is 2.09. The summed E-state index contributed by atoms with van der Waals surface area (Å²) in [5.74, 6) is 0.740. The normalized spacial score (nSPS) is 15.9. The van der Waals surface area contributed by atoms with Gasteiger partial charge in [0.2, 0.25) is 0 Å². The van der Waals surface area contributed by atoms with Gasteiger partial charge in [0, 0.05) is 10.6 Å². The molecule has 0 saturated carbocycles. The highest BCUT2D eigenvalue weighted by Gasteiger charge is 2.09. The fourth-order valence-corrected chi connectivity index (χ4v) is 2.38. The molecular weight excluding hydrogens is 260 g/mol. The van der Waals surface area contributed by atoms with Crippen molar-refractivity contribution in [2.75, 3.05) is 7.11 Å². The summed E-state index contributed by atoms with van der Waals surface area (Å²) in [7, 11) is 1.61. The van der Waals surface area contributed by atoms with E-state index in [0.29, 0.717) is 5.56 Å². The molecule has 0 atom stereocenters. The molecule has 2 rings (SSSR count). The van der Waals surface area contributed by atoms with Crippen molar-refractivity contribution in [2.24, 2.45) is 0 Å². The van der Waals surface area contributed by atoms with Gasteiger partial charge >= 0.3 is 0 Å². The zero-order chi connectivity index (χ0) is 13.7. The maximum Gasteiger partial charge on any atom is 0.185 e. The van der Waals surface area contributed by atoms with Gasteiger partial charge in [-0.3, -0.25) is 4.79 Å². The highest BCUT2D eigenvalue weighted by atomic mass is 35.5. The van der Waals surface area contributed by atoms with Gasteiger partial charge in [0.25, 0.3) is 0 Å². The van der Waals surface area contributed by atoms with Gasteiger partial charge in [-0.05, 0) is 61.6 Å². The summed E-state index contributed by atoms with van der Waals surface area (Å²) >= 11 is 6.15. The zero-order valence-corrected chi connectivity index (χ0v) is 11.7. The van der Waals surface area contributed by atoms with E-state index in [2.05, 4.69) is 0 Å². The van der Waals surface area contributed by atoms with Crippen LogP contribution in [0.25, 0.3) is 0 Å². The molecule has 0 unspecified atom stereocenters. The lowest BCUT2D eigenvalue weighted by atomic mass is 9.98. The number of ketones is 1. The largest absolute Gasteiger partial charge is 0.497 e. The highest BCUT2D eigenvalue weighted by Crippen LogP contribution is 2.28. The Bertz CT molecular complexity index is 512. The number of allylic oxidation sites excluding steroid dienone is 4. The van der Waals surface area contributed by atoms with Crippen molar-refractivity contribution in [3.05, 3.63) is 52.6 Å². The van der Waals surface area contributed by atoms with Crippen molar-refractivity contribution in [2.45, 2.75) is 25.7 Å². The first-order valence-electron chi connectivity index (χ1n) is 6.44. The van der Waals surface area contributed by atoms with Crippen molar-refractivity contribution in [1.82, 2.24) is 0 Å². The van der Waals surface area contributed by atoms with E-state index in [-0.39, 0.29) is 5.78 Å². The lowest BCUT2D eigenvalue weighted by Gasteiger charge is -2.12. The molecule has 0 aliphatic heterocycles. The molecule has 0 saturated heterocycles. The van der Waals surface area contributed by atoms with E-state index < -0.39 is 0 Å². The van der Waals surface area contributed by atoms with Gasteiger partial charge in [-0.2, -0.15) is 0 Å². The molecule has 3 heteroatoms. The van der Waals surface area contributed by atoms with Crippen LogP contribution < -0.4 is 4.74 Å². The number of halogens is 1. The van der Waals surface area contributed by atoms with Crippen LogP contribution in [0.5, 0.6) is 5.75 Å². The Kier molecular flexibility index (Phi) is 4.80. The third-order valence-electron chi connectivity index (χ3n) is 3.25. The average molecular weight is 277 g/mol. The van der Waals surface area contributed by atoms with Crippen LogP contribution in [-0.2, 0) is 0 Å². The molecule has 0 bridgehead atoms. The second kappa shape index (κ2) is 6.58. The molecule has 1 aromatic carbocycles. The Morgan fingerprint density at radius 3 is 2.53 bits per heavy atom. The van der Waals surface area contributed by atoms with Crippen molar-refractivity contribution in [3.8, 4) is 5.75 Å². The molecular formula is C16H17ClO2. The molecule has 0 aromatic heterocycles. The number of carbonyl (C=O) groups excluding carboxylic acids is 1. The fraction of sp³-hybridized carbons (Fsp3) is 0.312. The highest BCUT2D eigenvalue weighted by molar-refractivity contribution is 6.30. The summed E-state index contributed by atoms with van der Waals surface area (Å²) in [4.78, 5) is 12.0. The topological polar surface area (TPSA) is 26.3 Å². The average Bonchev–Trinajstić information content (AvgIpc) is 2.46.